The predicted octanol–water partition coefficient (Wildman–Crippen LogP) is 1.27. The molecule has 0 bridgehead atoms. The molecule has 1 fully saturated rings. The Morgan fingerprint density at radius 3 is 2.33 bits per heavy atom. The van der Waals surface area contributed by atoms with Gasteiger partial charge in [0.25, 0.3) is 5.91 Å². The van der Waals surface area contributed by atoms with E-state index in [4.69, 9.17) is 9.47 Å². The average molecular weight is 248 g/mol. The second-order valence-corrected chi connectivity index (χ2v) is 3.58. The Bertz CT molecular complexity index is 539. The van der Waals surface area contributed by atoms with Gasteiger partial charge in [-0.25, -0.2) is 4.79 Å². The largest absolute Gasteiger partial charge is 0.493 e. The maximum absolute atomic E-state index is 11.6. The fourth-order valence-electron chi connectivity index (χ4n) is 1.69. The number of hydrogen-bond acceptors (Lipinski definition) is 4. The molecule has 1 heterocycles. The van der Waals surface area contributed by atoms with E-state index in [9.17, 15) is 9.59 Å². The lowest BCUT2D eigenvalue weighted by Crippen LogP contribution is -2.27. The van der Waals surface area contributed by atoms with E-state index in [2.05, 4.69) is 11.9 Å². The fourth-order valence-corrected chi connectivity index (χ4v) is 1.69. The van der Waals surface area contributed by atoms with Crippen molar-refractivity contribution in [1.82, 2.24) is 5.32 Å². The maximum Gasteiger partial charge on any atom is 0.333 e. The minimum atomic E-state index is -0.530. The molecule has 0 atom stereocenters. The van der Waals surface area contributed by atoms with E-state index in [0.717, 1.165) is 0 Å². The van der Waals surface area contributed by atoms with Crippen LogP contribution in [0.15, 0.2) is 30.5 Å². The van der Waals surface area contributed by atoms with E-state index in [-0.39, 0.29) is 5.70 Å². The van der Waals surface area contributed by atoms with Crippen molar-refractivity contribution >= 4 is 17.6 Å². The summed E-state index contributed by atoms with van der Waals surface area (Å²) in [6.07, 6.45) is 0. The minimum Gasteiger partial charge on any atom is -0.493 e. The molecule has 6 nitrogen and oxygen atoms in total. The molecular formula is C12H12N2O4. The summed E-state index contributed by atoms with van der Waals surface area (Å²) < 4.78 is 10.2. The molecule has 0 saturated carbocycles. The number of nitrogens with one attached hydrogen (secondary N) is 1. The van der Waals surface area contributed by atoms with Gasteiger partial charge in [-0.2, -0.15) is 0 Å². The number of ether oxygens (including phenoxy) is 2. The lowest BCUT2D eigenvalue weighted by atomic mass is 10.2. The van der Waals surface area contributed by atoms with Gasteiger partial charge < -0.3 is 9.47 Å². The number of hydrogen-bond donors (Lipinski definition) is 1. The summed E-state index contributed by atoms with van der Waals surface area (Å²) in [5, 5.41) is 2.16. The molecule has 1 N–H and O–H groups in total. The summed E-state index contributed by atoms with van der Waals surface area (Å²) in [5.74, 6) is 0.502. The average Bonchev–Trinajstić information content (AvgIpc) is 2.62. The molecule has 0 radical (unpaired) electrons. The van der Waals surface area contributed by atoms with Crippen molar-refractivity contribution in [3.05, 3.63) is 30.5 Å². The molecule has 0 aliphatic carbocycles. The predicted molar refractivity (Wildman–Crippen MR) is 64.7 cm³/mol. The van der Waals surface area contributed by atoms with Gasteiger partial charge in [0.1, 0.15) is 5.70 Å². The molecule has 1 aliphatic rings. The lowest BCUT2D eigenvalue weighted by Gasteiger charge is -2.16. The molecule has 1 aliphatic heterocycles. The molecule has 1 aromatic carbocycles. The number of nitrogens with zero attached hydrogens (tertiary/aromatic N) is 1. The van der Waals surface area contributed by atoms with Crippen LogP contribution in [0, 0.1) is 0 Å². The summed E-state index contributed by atoms with van der Waals surface area (Å²) in [4.78, 5) is 24.1. The number of urea groups is 1. The van der Waals surface area contributed by atoms with E-state index in [1.165, 1.54) is 19.1 Å². The summed E-state index contributed by atoms with van der Waals surface area (Å²) in [6.45, 7) is 3.56. The van der Waals surface area contributed by atoms with Crippen molar-refractivity contribution in [2.45, 2.75) is 0 Å². The zero-order valence-electron chi connectivity index (χ0n) is 10.0. The van der Waals surface area contributed by atoms with Crippen LogP contribution in [0.3, 0.4) is 0 Å². The monoisotopic (exact) mass is 248 g/mol. The van der Waals surface area contributed by atoms with Gasteiger partial charge in [0.05, 0.1) is 19.9 Å². The summed E-state index contributed by atoms with van der Waals surface area (Å²) in [7, 11) is 3.01. The number of rotatable bonds is 3. The molecule has 0 aromatic heterocycles. The molecule has 1 aromatic rings. The standard InChI is InChI=1S/C12H12N2O4/c1-7-11(15)13-12(16)14(7)8-4-5-9(17-2)10(6-8)18-3/h4-6H,1H2,2-3H3,(H,13,15,16). The van der Waals surface area contributed by atoms with Crippen molar-refractivity contribution in [1.29, 1.82) is 0 Å². The molecule has 6 heteroatoms. The third kappa shape index (κ3) is 1.77. The molecule has 3 amide bonds. The lowest BCUT2D eigenvalue weighted by molar-refractivity contribution is -0.115. The quantitative estimate of drug-likeness (QED) is 0.646. The minimum absolute atomic E-state index is 0.0761. The highest BCUT2D eigenvalue weighted by atomic mass is 16.5. The number of benzene rings is 1. The Balaban J connectivity index is 2.43. The zero-order chi connectivity index (χ0) is 13.3. The van der Waals surface area contributed by atoms with Crippen molar-refractivity contribution in [3.63, 3.8) is 0 Å². The van der Waals surface area contributed by atoms with Gasteiger partial charge in [-0.15, -0.1) is 0 Å². The van der Waals surface area contributed by atoms with E-state index in [1.54, 1.807) is 18.2 Å². The van der Waals surface area contributed by atoms with E-state index in [0.29, 0.717) is 17.2 Å². The van der Waals surface area contributed by atoms with Crippen molar-refractivity contribution in [2.24, 2.45) is 0 Å². The van der Waals surface area contributed by atoms with Gasteiger partial charge in [0, 0.05) is 6.07 Å². The molecule has 2 rings (SSSR count). The van der Waals surface area contributed by atoms with Crippen LogP contribution in [-0.2, 0) is 4.79 Å². The van der Waals surface area contributed by atoms with Gasteiger partial charge >= 0.3 is 6.03 Å². The zero-order valence-corrected chi connectivity index (χ0v) is 10.0. The van der Waals surface area contributed by atoms with Crippen LogP contribution >= 0.6 is 0 Å². The second-order valence-electron chi connectivity index (χ2n) is 3.58. The summed E-state index contributed by atoms with van der Waals surface area (Å²) in [6, 6.07) is 4.36. The third-order valence-electron chi connectivity index (χ3n) is 2.58. The van der Waals surface area contributed by atoms with E-state index >= 15 is 0 Å². The Kier molecular flexibility index (Phi) is 2.93. The molecule has 94 valence electrons. The Labute approximate surface area is 104 Å². The highest BCUT2D eigenvalue weighted by Gasteiger charge is 2.33. The van der Waals surface area contributed by atoms with Gasteiger partial charge in [-0.3, -0.25) is 15.0 Å². The molecular weight excluding hydrogens is 236 g/mol. The van der Waals surface area contributed by atoms with Gasteiger partial charge in [0.2, 0.25) is 0 Å². The summed E-state index contributed by atoms with van der Waals surface area (Å²) in [5.41, 5.74) is 0.563. The van der Waals surface area contributed by atoms with Crippen LogP contribution in [0.2, 0.25) is 0 Å². The van der Waals surface area contributed by atoms with Gasteiger partial charge in [-0.05, 0) is 12.1 Å². The Morgan fingerprint density at radius 1 is 1.17 bits per heavy atom. The van der Waals surface area contributed by atoms with E-state index < -0.39 is 11.9 Å². The highest BCUT2D eigenvalue weighted by Crippen LogP contribution is 2.33. The first-order valence-corrected chi connectivity index (χ1v) is 5.15. The van der Waals surface area contributed by atoms with Crippen LogP contribution in [0.5, 0.6) is 11.5 Å². The van der Waals surface area contributed by atoms with Crippen molar-refractivity contribution < 1.29 is 19.1 Å². The Hall–Kier alpha value is -2.50. The third-order valence-corrected chi connectivity index (χ3v) is 2.58. The smallest absolute Gasteiger partial charge is 0.333 e. The first kappa shape index (κ1) is 12.0. The molecule has 0 spiro atoms. The number of methoxy groups -OCH3 is 2. The van der Waals surface area contributed by atoms with Crippen molar-refractivity contribution in [2.75, 3.05) is 19.1 Å². The fraction of sp³-hybridized carbons (Fsp3) is 0.167. The van der Waals surface area contributed by atoms with Crippen LogP contribution in [0.1, 0.15) is 0 Å². The van der Waals surface area contributed by atoms with Gasteiger partial charge in [0.15, 0.2) is 11.5 Å². The Morgan fingerprint density at radius 2 is 1.83 bits per heavy atom. The van der Waals surface area contributed by atoms with Gasteiger partial charge in [-0.1, -0.05) is 6.58 Å². The molecule has 1 saturated heterocycles. The van der Waals surface area contributed by atoms with E-state index in [1.807, 2.05) is 0 Å². The second kappa shape index (κ2) is 4.40. The highest BCUT2D eigenvalue weighted by molar-refractivity contribution is 6.21. The van der Waals surface area contributed by atoms with Crippen molar-refractivity contribution in [3.8, 4) is 11.5 Å². The number of carbonyl (C=O) groups excluding carboxylic acids is 2. The van der Waals surface area contributed by atoms with Crippen LogP contribution in [-0.4, -0.2) is 26.2 Å². The first-order chi connectivity index (χ1) is 8.58. The number of anilines is 1. The summed E-state index contributed by atoms with van der Waals surface area (Å²) >= 11 is 0. The van der Waals surface area contributed by atoms with Crippen LogP contribution in [0.4, 0.5) is 10.5 Å². The topological polar surface area (TPSA) is 67.9 Å². The van der Waals surface area contributed by atoms with Crippen LogP contribution in [0.25, 0.3) is 0 Å². The first-order valence-electron chi connectivity index (χ1n) is 5.15. The molecule has 0 unspecified atom stereocenters. The molecule has 18 heavy (non-hydrogen) atoms. The number of imide groups is 1. The SMILES string of the molecule is C=C1C(=O)NC(=O)N1c1ccc(OC)c(OC)c1. The number of carbonyl (C=O) groups is 2. The normalized spacial score (nSPS) is 14.8. The van der Waals surface area contributed by atoms with Crippen LogP contribution < -0.4 is 19.7 Å². The maximum atomic E-state index is 11.6. The number of amides is 3.